The summed E-state index contributed by atoms with van der Waals surface area (Å²) < 4.78 is 0. The number of hydrogen-bond donors (Lipinski definition) is 2. The van der Waals surface area contributed by atoms with E-state index in [-0.39, 0.29) is 24.5 Å². The lowest BCUT2D eigenvalue weighted by Crippen LogP contribution is -2.28. The zero-order valence-corrected chi connectivity index (χ0v) is 14.9. The van der Waals surface area contributed by atoms with Gasteiger partial charge < -0.3 is 10.2 Å². The number of fused-ring (bicyclic) bond motifs is 2. The highest BCUT2D eigenvalue weighted by Gasteiger charge is 2.49. The van der Waals surface area contributed by atoms with Crippen LogP contribution < -0.4 is 0 Å². The van der Waals surface area contributed by atoms with Crippen LogP contribution in [0.2, 0.25) is 0 Å². The summed E-state index contributed by atoms with van der Waals surface area (Å²) in [5.41, 5.74) is 0. The second-order valence-electron chi connectivity index (χ2n) is 6.81. The van der Waals surface area contributed by atoms with Crippen molar-refractivity contribution >= 4 is 5.97 Å². The first-order valence-electron chi connectivity index (χ1n) is 9.32. The molecule has 140 valence electrons. The van der Waals surface area contributed by atoms with Gasteiger partial charge in [0, 0.05) is 24.7 Å². The van der Waals surface area contributed by atoms with Crippen molar-refractivity contribution in [3.63, 3.8) is 0 Å². The van der Waals surface area contributed by atoms with Crippen LogP contribution in [0.1, 0.15) is 51.9 Å². The molecule has 1 saturated carbocycles. The fourth-order valence-corrected chi connectivity index (χ4v) is 3.50. The van der Waals surface area contributed by atoms with Crippen LogP contribution in [0.3, 0.4) is 0 Å². The van der Waals surface area contributed by atoms with E-state index < -0.39 is 12.1 Å². The second-order valence-corrected chi connectivity index (χ2v) is 6.81. The van der Waals surface area contributed by atoms with E-state index in [0.29, 0.717) is 18.8 Å². The molecule has 5 atom stereocenters. The summed E-state index contributed by atoms with van der Waals surface area (Å²) in [5, 5.41) is 18.7. The third kappa shape index (κ3) is 6.42. The van der Waals surface area contributed by atoms with Crippen LogP contribution in [0.25, 0.3) is 0 Å². The fourth-order valence-electron chi connectivity index (χ4n) is 3.50. The van der Waals surface area contributed by atoms with Gasteiger partial charge in [0.15, 0.2) is 0 Å². The topological polar surface area (TPSA) is 76.0 Å². The summed E-state index contributed by atoms with van der Waals surface area (Å²) in [5.74, 6) is -0.138. The average molecular weight is 350 g/mol. The Bertz CT molecular complexity index is 496. The lowest BCUT2D eigenvalue weighted by atomic mass is 9.89. The summed E-state index contributed by atoms with van der Waals surface area (Å²) in [4.78, 5) is 21.2. The van der Waals surface area contributed by atoms with Crippen molar-refractivity contribution in [3.05, 3.63) is 36.5 Å². The number of aliphatic carboxylic acids is 1. The summed E-state index contributed by atoms with van der Waals surface area (Å²) in [7, 11) is 0. The van der Waals surface area contributed by atoms with Gasteiger partial charge in [-0.3, -0.25) is 4.79 Å². The predicted octanol–water partition coefficient (Wildman–Crippen LogP) is 3.80. The number of aliphatic hydroxyl groups excluding tert-OH is 1. The monoisotopic (exact) mass is 350 g/mol. The molecular weight excluding hydrogens is 320 g/mol. The van der Waals surface area contributed by atoms with Crippen LogP contribution in [-0.4, -0.2) is 34.5 Å². The van der Waals surface area contributed by atoms with E-state index in [1.54, 1.807) is 0 Å². The smallest absolute Gasteiger partial charge is 0.303 e. The number of carboxylic acid groups (broad SMARTS) is 1. The summed E-state index contributed by atoms with van der Waals surface area (Å²) in [6.45, 7) is 2.07. The summed E-state index contributed by atoms with van der Waals surface area (Å²) in [6, 6.07) is 0. The lowest BCUT2D eigenvalue weighted by Gasteiger charge is -2.27. The number of unbranched alkanes of at least 4 members (excludes halogenated alkanes) is 1. The van der Waals surface area contributed by atoms with Crippen molar-refractivity contribution in [1.29, 1.82) is 0 Å². The van der Waals surface area contributed by atoms with Gasteiger partial charge in [-0.15, -0.1) is 0 Å². The van der Waals surface area contributed by atoms with E-state index in [2.05, 4.69) is 31.2 Å². The molecule has 0 radical (unpaired) electrons. The normalized spacial score (nSPS) is 30.2. The minimum atomic E-state index is -0.746. The maximum Gasteiger partial charge on any atom is 0.303 e. The fraction of sp³-hybridized carbons (Fsp3) is 0.650. The average Bonchev–Trinajstić information content (AvgIpc) is 3.17. The van der Waals surface area contributed by atoms with E-state index >= 15 is 0 Å². The van der Waals surface area contributed by atoms with Crippen LogP contribution in [0, 0.1) is 11.8 Å². The zero-order chi connectivity index (χ0) is 18.1. The molecule has 5 heteroatoms. The minimum Gasteiger partial charge on any atom is -0.481 e. The van der Waals surface area contributed by atoms with Crippen LogP contribution in [0.4, 0.5) is 0 Å². The molecule has 0 spiro atoms. The molecule has 2 rings (SSSR count). The maximum absolute atomic E-state index is 10.5. The Morgan fingerprint density at radius 3 is 2.76 bits per heavy atom. The Kier molecular flexibility index (Phi) is 8.38. The zero-order valence-electron chi connectivity index (χ0n) is 14.9. The Hall–Kier alpha value is -1.43. The molecule has 2 fully saturated rings. The van der Waals surface area contributed by atoms with Crippen molar-refractivity contribution in [2.75, 3.05) is 0 Å². The maximum atomic E-state index is 10.5. The molecule has 0 amide bonds. The highest BCUT2D eigenvalue weighted by Crippen LogP contribution is 2.44. The highest BCUT2D eigenvalue weighted by molar-refractivity contribution is 5.66. The van der Waals surface area contributed by atoms with E-state index in [4.69, 9.17) is 14.9 Å². The van der Waals surface area contributed by atoms with Gasteiger partial charge in [0.25, 0.3) is 0 Å². The number of carboxylic acids is 1. The Labute approximate surface area is 149 Å². The van der Waals surface area contributed by atoms with Crippen molar-refractivity contribution in [1.82, 2.24) is 0 Å². The second kappa shape index (κ2) is 10.5. The molecule has 5 nitrogen and oxygen atoms in total. The standard InChI is InChI=1S/C20H30O5/c1-2-3-6-9-15(21)12-13-17-16(18-14-19(17)25-24-18)10-7-4-5-8-11-20(22)23/h3-4,6-7,12-13,15-19,21H,2,5,8-11,14H2,1H3,(H,22,23)/b6-3-,7-4-,13-12+/t15?,16?,17?,18-,19-/m0/s1. The lowest BCUT2D eigenvalue weighted by molar-refractivity contribution is -0.336. The molecule has 1 aliphatic heterocycles. The molecule has 25 heavy (non-hydrogen) atoms. The van der Waals surface area contributed by atoms with E-state index in [1.165, 1.54) is 0 Å². The number of carbonyl (C=O) groups is 1. The molecule has 0 aromatic heterocycles. The predicted molar refractivity (Wildman–Crippen MR) is 95.8 cm³/mol. The molecule has 0 aromatic rings. The molecular formula is C20H30O5. The molecule has 2 aliphatic rings. The van der Waals surface area contributed by atoms with Gasteiger partial charge in [0.1, 0.15) is 6.10 Å². The van der Waals surface area contributed by atoms with Gasteiger partial charge in [-0.05, 0) is 32.1 Å². The van der Waals surface area contributed by atoms with Crippen molar-refractivity contribution in [2.24, 2.45) is 11.8 Å². The van der Waals surface area contributed by atoms with Crippen LogP contribution in [0.5, 0.6) is 0 Å². The molecule has 2 N–H and O–H groups in total. The number of rotatable bonds is 11. The Morgan fingerprint density at radius 2 is 2.00 bits per heavy atom. The Balaban J connectivity index is 1.81. The summed E-state index contributed by atoms with van der Waals surface area (Å²) >= 11 is 0. The quantitative estimate of drug-likeness (QED) is 0.337. The van der Waals surface area contributed by atoms with Gasteiger partial charge in [-0.25, -0.2) is 9.78 Å². The molecule has 1 aliphatic carbocycles. The van der Waals surface area contributed by atoms with Gasteiger partial charge >= 0.3 is 5.97 Å². The molecule has 1 heterocycles. The molecule has 2 bridgehead atoms. The minimum absolute atomic E-state index is 0.0741. The SMILES string of the molecule is CC/C=C\CC(O)/C=C/C1C(C/C=C\CCCC(=O)O)[C@@H]2C[C@@H]1OO2. The van der Waals surface area contributed by atoms with E-state index in [1.807, 2.05) is 12.2 Å². The largest absolute Gasteiger partial charge is 0.481 e. The first kappa shape index (κ1) is 19.9. The number of aliphatic hydroxyl groups is 1. The van der Waals surface area contributed by atoms with Crippen molar-refractivity contribution in [3.8, 4) is 0 Å². The first-order valence-corrected chi connectivity index (χ1v) is 9.32. The molecule has 3 unspecified atom stereocenters. The number of allylic oxidation sites excluding steroid dienone is 3. The third-order valence-corrected chi connectivity index (χ3v) is 4.84. The van der Waals surface area contributed by atoms with Gasteiger partial charge in [0.05, 0.1) is 12.2 Å². The van der Waals surface area contributed by atoms with E-state index in [9.17, 15) is 9.90 Å². The summed E-state index contributed by atoms with van der Waals surface area (Å²) in [6.07, 6.45) is 17.0. The number of hydrogen-bond acceptors (Lipinski definition) is 4. The van der Waals surface area contributed by atoms with Gasteiger partial charge in [-0.1, -0.05) is 43.4 Å². The third-order valence-electron chi connectivity index (χ3n) is 4.84. The van der Waals surface area contributed by atoms with Gasteiger partial charge in [0.2, 0.25) is 0 Å². The van der Waals surface area contributed by atoms with Crippen LogP contribution in [0.15, 0.2) is 36.5 Å². The van der Waals surface area contributed by atoms with E-state index in [0.717, 1.165) is 25.7 Å². The van der Waals surface area contributed by atoms with Gasteiger partial charge in [-0.2, -0.15) is 0 Å². The van der Waals surface area contributed by atoms with Crippen molar-refractivity contribution in [2.45, 2.75) is 70.2 Å². The molecule has 1 saturated heterocycles. The van der Waals surface area contributed by atoms with Crippen LogP contribution >= 0.6 is 0 Å². The first-order chi connectivity index (χ1) is 12.1. The molecule has 0 aromatic carbocycles. The highest BCUT2D eigenvalue weighted by atomic mass is 17.2. The van der Waals surface area contributed by atoms with Crippen molar-refractivity contribution < 1.29 is 24.8 Å². The Morgan fingerprint density at radius 1 is 1.20 bits per heavy atom. The van der Waals surface area contributed by atoms with Crippen LogP contribution in [-0.2, 0) is 14.6 Å².